The van der Waals surface area contributed by atoms with Crippen molar-refractivity contribution in [1.82, 2.24) is 0 Å². The summed E-state index contributed by atoms with van der Waals surface area (Å²) in [6, 6.07) is 0. The Bertz CT molecular complexity index is 120. The molecular weight excluding hydrogens is 128 g/mol. The molecule has 0 heterocycles. The summed E-state index contributed by atoms with van der Waals surface area (Å²) in [6.45, 7) is 2.19. The van der Waals surface area contributed by atoms with E-state index in [9.17, 15) is 0 Å². The van der Waals surface area contributed by atoms with Gasteiger partial charge in [0.1, 0.15) is 10.5 Å². The van der Waals surface area contributed by atoms with Gasteiger partial charge in [-0.1, -0.05) is 11.6 Å². The number of hydrogen-bond donors (Lipinski definition) is 0. The first kappa shape index (κ1) is 7.03. The van der Waals surface area contributed by atoms with Crippen molar-refractivity contribution in [2.45, 2.75) is 32.3 Å². The highest BCUT2D eigenvalue weighted by Crippen LogP contribution is 2.18. The lowest BCUT2D eigenvalue weighted by atomic mass is 9.99. The van der Waals surface area contributed by atoms with Crippen molar-refractivity contribution >= 4 is 10.5 Å². The average molecular weight is 142 g/mol. The van der Waals surface area contributed by atoms with E-state index in [4.69, 9.17) is 4.43 Å². The maximum Gasteiger partial charge on any atom is 0.146 e. The second-order valence-corrected chi connectivity index (χ2v) is 3.15. The Hall–Kier alpha value is -0.0831. The van der Waals surface area contributed by atoms with Gasteiger partial charge in [-0.25, -0.2) is 0 Å². The van der Waals surface area contributed by atoms with Crippen LogP contribution in [0, 0.1) is 0 Å². The Labute approximate surface area is 59.6 Å². The Morgan fingerprint density at radius 1 is 1.78 bits per heavy atom. The standard InChI is InChI=1S/C7H14OSi/c1-6-3-2-4-7(5-6)8-9/h5,7H,2-4H2,1,9H3. The highest BCUT2D eigenvalue weighted by molar-refractivity contribution is 5.98. The van der Waals surface area contributed by atoms with Gasteiger partial charge in [-0.05, 0) is 26.2 Å². The van der Waals surface area contributed by atoms with Crippen LogP contribution in [0.15, 0.2) is 11.6 Å². The molecule has 0 radical (unpaired) electrons. The molecule has 1 nitrogen and oxygen atoms in total. The zero-order chi connectivity index (χ0) is 6.69. The normalized spacial score (nSPS) is 28.1. The quantitative estimate of drug-likeness (QED) is 0.388. The highest BCUT2D eigenvalue weighted by Gasteiger charge is 2.08. The third-order valence-corrected chi connectivity index (χ3v) is 2.44. The molecule has 1 atom stereocenters. The SMILES string of the molecule is CC1=CC(O[SiH3])CCC1. The van der Waals surface area contributed by atoms with Gasteiger partial charge in [-0.15, -0.1) is 0 Å². The Kier molecular flexibility index (Phi) is 2.48. The third-order valence-electron chi connectivity index (χ3n) is 1.83. The summed E-state index contributed by atoms with van der Waals surface area (Å²) in [5.74, 6) is 0. The summed E-state index contributed by atoms with van der Waals surface area (Å²) in [7, 11) is 0.877. The molecule has 0 aromatic heterocycles. The van der Waals surface area contributed by atoms with Crippen LogP contribution in [0.4, 0.5) is 0 Å². The summed E-state index contributed by atoms with van der Waals surface area (Å²) in [5, 5.41) is 0. The summed E-state index contributed by atoms with van der Waals surface area (Å²) in [6.07, 6.45) is 6.55. The first-order valence-corrected chi connectivity index (χ1v) is 4.34. The van der Waals surface area contributed by atoms with Crippen LogP contribution in [-0.2, 0) is 4.43 Å². The molecule has 1 aliphatic rings. The Morgan fingerprint density at radius 3 is 3.00 bits per heavy atom. The fraction of sp³-hybridized carbons (Fsp3) is 0.714. The van der Waals surface area contributed by atoms with Crippen molar-refractivity contribution in [2.75, 3.05) is 0 Å². The summed E-state index contributed by atoms with van der Waals surface area (Å²) < 4.78 is 5.32. The molecule has 0 N–H and O–H groups in total. The van der Waals surface area contributed by atoms with E-state index in [1.54, 1.807) is 0 Å². The highest BCUT2D eigenvalue weighted by atomic mass is 28.2. The van der Waals surface area contributed by atoms with Crippen molar-refractivity contribution in [3.63, 3.8) is 0 Å². The monoisotopic (exact) mass is 142 g/mol. The van der Waals surface area contributed by atoms with Crippen LogP contribution in [0.1, 0.15) is 26.2 Å². The summed E-state index contributed by atoms with van der Waals surface area (Å²) in [4.78, 5) is 0. The van der Waals surface area contributed by atoms with E-state index in [2.05, 4.69) is 13.0 Å². The molecule has 9 heavy (non-hydrogen) atoms. The molecule has 52 valence electrons. The van der Waals surface area contributed by atoms with E-state index < -0.39 is 0 Å². The second kappa shape index (κ2) is 3.18. The molecule has 0 aromatic carbocycles. The van der Waals surface area contributed by atoms with Crippen molar-refractivity contribution in [3.8, 4) is 0 Å². The molecular formula is C7H14OSi. The van der Waals surface area contributed by atoms with Crippen LogP contribution >= 0.6 is 0 Å². The van der Waals surface area contributed by atoms with Crippen LogP contribution < -0.4 is 0 Å². The average Bonchev–Trinajstić information content (AvgIpc) is 1.88. The fourth-order valence-corrected chi connectivity index (χ4v) is 1.62. The smallest absolute Gasteiger partial charge is 0.146 e. The maximum absolute atomic E-state index is 5.32. The zero-order valence-corrected chi connectivity index (χ0v) is 8.18. The van der Waals surface area contributed by atoms with Crippen LogP contribution in [-0.4, -0.2) is 16.6 Å². The predicted octanol–water partition coefficient (Wildman–Crippen LogP) is 0.782. The van der Waals surface area contributed by atoms with Crippen molar-refractivity contribution in [1.29, 1.82) is 0 Å². The first-order valence-electron chi connectivity index (χ1n) is 3.53. The third kappa shape index (κ3) is 1.95. The maximum atomic E-state index is 5.32. The van der Waals surface area contributed by atoms with Crippen LogP contribution in [0.2, 0.25) is 0 Å². The molecule has 2 heteroatoms. The molecule has 1 rings (SSSR count). The van der Waals surface area contributed by atoms with Gasteiger partial charge < -0.3 is 4.43 Å². The fourth-order valence-electron chi connectivity index (χ4n) is 1.25. The molecule has 0 fully saturated rings. The van der Waals surface area contributed by atoms with E-state index in [0.717, 1.165) is 10.5 Å². The van der Waals surface area contributed by atoms with E-state index in [0.29, 0.717) is 6.10 Å². The molecule has 0 aromatic rings. The molecule has 1 unspecified atom stereocenters. The lowest BCUT2D eigenvalue weighted by molar-refractivity contribution is 0.249. The molecule has 0 aliphatic heterocycles. The van der Waals surface area contributed by atoms with Gasteiger partial charge in [0.25, 0.3) is 0 Å². The minimum absolute atomic E-state index is 0.463. The lowest BCUT2D eigenvalue weighted by Crippen LogP contribution is -2.11. The number of allylic oxidation sites excluding steroid dienone is 1. The molecule has 1 aliphatic carbocycles. The van der Waals surface area contributed by atoms with Crippen LogP contribution in [0.5, 0.6) is 0 Å². The van der Waals surface area contributed by atoms with Gasteiger partial charge >= 0.3 is 0 Å². The largest absolute Gasteiger partial charge is 0.422 e. The Morgan fingerprint density at radius 2 is 2.56 bits per heavy atom. The second-order valence-electron chi connectivity index (χ2n) is 2.68. The molecule has 0 amide bonds. The van der Waals surface area contributed by atoms with Crippen molar-refractivity contribution < 1.29 is 4.43 Å². The summed E-state index contributed by atoms with van der Waals surface area (Å²) in [5.41, 5.74) is 1.50. The van der Waals surface area contributed by atoms with Gasteiger partial charge in [-0.3, -0.25) is 0 Å². The minimum atomic E-state index is 0.463. The molecule has 0 saturated heterocycles. The predicted molar refractivity (Wildman–Crippen MR) is 42.4 cm³/mol. The van der Waals surface area contributed by atoms with Gasteiger partial charge in [0.2, 0.25) is 0 Å². The number of hydrogen-bond acceptors (Lipinski definition) is 1. The van der Waals surface area contributed by atoms with Crippen LogP contribution in [0.25, 0.3) is 0 Å². The van der Waals surface area contributed by atoms with E-state index in [1.807, 2.05) is 0 Å². The zero-order valence-electron chi connectivity index (χ0n) is 6.18. The van der Waals surface area contributed by atoms with Gasteiger partial charge in [-0.2, -0.15) is 0 Å². The summed E-state index contributed by atoms with van der Waals surface area (Å²) >= 11 is 0. The van der Waals surface area contributed by atoms with Crippen LogP contribution in [0.3, 0.4) is 0 Å². The van der Waals surface area contributed by atoms with E-state index in [1.165, 1.54) is 24.8 Å². The van der Waals surface area contributed by atoms with E-state index in [-0.39, 0.29) is 0 Å². The van der Waals surface area contributed by atoms with Gasteiger partial charge in [0, 0.05) is 0 Å². The Balaban J connectivity index is 2.47. The lowest BCUT2D eigenvalue weighted by Gasteiger charge is -2.17. The molecule has 0 saturated carbocycles. The topological polar surface area (TPSA) is 9.23 Å². The van der Waals surface area contributed by atoms with E-state index >= 15 is 0 Å². The molecule has 0 bridgehead atoms. The minimum Gasteiger partial charge on any atom is -0.422 e. The number of rotatable bonds is 1. The van der Waals surface area contributed by atoms with Gasteiger partial charge in [0.15, 0.2) is 0 Å². The van der Waals surface area contributed by atoms with Crippen molar-refractivity contribution in [2.24, 2.45) is 0 Å². The molecule has 0 spiro atoms. The van der Waals surface area contributed by atoms with Gasteiger partial charge in [0.05, 0.1) is 6.10 Å². The van der Waals surface area contributed by atoms with Crippen molar-refractivity contribution in [3.05, 3.63) is 11.6 Å². The first-order chi connectivity index (χ1) is 4.33.